The number of hydrogen-bond acceptors (Lipinski definition) is 6. The molecule has 2 heterocycles. The number of amides is 1. The van der Waals surface area contributed by atoms with Gasteiger partial charge in [-0.25, -0.2) is 14.9 Å². The molecule has 144 valence electrons. The van der Waals surface area contributed by atoms with Crippen LogP contribution < -0.4 is 10.2 Å². The molecule has 1 unspecified atom stereocenters. The number of hydroxylamine groups is 2. The van der Waals surface area contributed by atoms with E-state index in [9.17, 15) is 4.79 Å². The van der Waals surface area contributed by atoms with Crippen molar-refractivity contribution in [1.82, 2.24) is 14.8 Å². The predicted molar refractivity (Wildman–Crippen MR) is 106 cm³/mol. The van der Waals surface area contributed by atoms with Gasteiger partial charge in [0.05, 0.1) is 12.1 Å². The Labute approximate surface area is 159 Å². The maximum Gasteiger partial charge on any atom is 0.230 e. The summed E-state index contributed by atoms with van der Waals surface area (Å²) in [5.74, 6) is 1.17. The van der Waals surface area contributed by atoms with E-state index < -0.39 is 5.72 Å². The Balaban J connectivity index is 1.74. The highest BCUT2D eigenvalue weighted by Gasteiger charge is 2.38. The highest BCUT2D eigenvalue weighted by Crippen LogP contribution is 2.29. The molecule has 0 saturated heterocycles. The highest BCUT2D eigenvalue weighted by molar-refractivity contribution is 6.00. The quantitative estimate of drug-likeness (QED) is 0.873. The second-order valence-electron chi connectivity index (χ2n) is 7.16. The fourth-order valence-electron chi connectivity index (χ4n) is 3.09. The van der Waals surface area contributed by atoms with Crippen molar-refractivity contribution in [2.24, 2.45) is 12.0 Å². The molecule has 2 aromatic rings. The maximum absolute atomic E-state index is 12.5. The van der Waals surface area contributed by atoms with E-state index in [1.54, 1.807) is 30.8 Å². The second-order valence-corrected chi connectivity index (χ2v) is 7.16. The summed E-state index contributed by atoms with van der Waals surface area (Å²) >= 11 is 0. The van der Waals surface area contributed by atoms with E-state index in [1.807, 2.05) is 56.3 Å². The van der Waals surface area contributed by atoms with Crippen molar-refractivity contribution in [2.75, 3.05) is 31.4 Å². The van der Waals surface area contributed by atoms with Crippen LogP contribution in [0.4, 0.5) is 11.5 Å². The summed E-state index contributed by atoms with van der Waals surface area (Å²) in [5.41, 5.74) is 1.93. The molecule has 0 fully saturated rings. The molecule has 1 atom stereocenters. The van der Waals surface area contributed by atoms with Crippen molar-refractivity contribution in [3.05, 3.63) is 41.6 Å². The van der Waals surface area contributed by atoms with Gasteiger partial charge in [0, 0.05) is 45.5 Å². The standard InChI is InChI=1S/C19H26N6O2/c1-13-11-16(24(5)22-13)20-17(26)12-19(2)21-18(25(6)27-19)14-7-9-15(10-8-14)23(3)4/h7-11H,12H2,1-6H3,(H,20,26). The van der Waals surface area contributed by atoms with E-state index >= 15 is 0 Å². The van der Waals surface area contributed by atoms with Crippen LogP contribution in [0.5, 0.6) is 0 Å². The van der Waals surface area contributed by atoms with Crippen LogP contribution in [-0.4, -0.2) is 53.5 Å². The lowest BCUT2D eigenvalue weighted by Crippen LogP contribution is -2.33. The van der Waals surface area contributed by atoms with E-state index in [0.29, 0.717) is 11.7 Å². The molecule has 0 aliphatic carbocycles. The zero-order valence-electron chi connectivity index (χ0n) is 16.6. The minimum Gasteiger partial charge on any atom is -0.378 e. The predicted octanol–water partition coefficient (Wildman–Crippen LogP) is 2.16. The Morgan fingerprint density at radius 2 is 1.93 bits per heavy atom. The van der Waals surface area contributed by atoms with Crippen LogP contribution in [0.1, 0.15) is 24.6 Å². The number of aromatic nitrogens is 2. The Hall–Kier alpha value is -2.87. The summed E-state index contributed by atoms with van der Waals surface area (Å²) < 4.78 is 1.64. The van der Waals surface area contributed by atoms with Gasteiger partial charge in [-0.1, -0.05) is 0 Å². The number of aliphatic imine (C=N–C) groups is 1. The Bertz CT molecular complexity index is 871. The first-order chi connectivity index (χ1) is 12.7. The van der Waals surface area contributed by atoms with Gasteiger partial charge in [-0.15, -0.1) is 0 Å². The monoisotopic (exact) mass is 370 g/mol. The Morgan fingerprint density at radius 1 is 1.26 bits per heavy atom. The van der Waals surface area contributed by atoms with Crippen LogP contribution in [0, 0.1) is 6.92 Å². The molecule has 1 amide bonds. The Morgan fingerprint density at radius 3 is 2.48 bits per heavy atom. The maximum atomic E-state index is 12.5. The van der Waals surface area contributed by atoms with Gasteiger partial charge in [-0.3, -0.25) is 9.48 Å². The Kier molecular flexibility index (Phi) is 4.93. The molecule has 0 spiro atoms. The summed E-state index contributed by atoms with van der Waals surface area (Å²) in [6, 6.07) is 9.87. The van der Waals surface area contributed by atoms with Crippen molar-refractivity contribution in [2.45, 2.75) is 26.0 Å². The van der Waals surface area contributed by atoms with Gasteiger partial charge >= 0.3 is 0 Å². The van der Waals surface area contributed by atoms with E-state index in [0.717, 1.165) is 16.9 Å². The van der Waals surface area contributed by atoms with Crippen LogP contribution in [-0.2, 0) is 16.7 Å². The second kappa shape index (κ2) is 7.03. The molecule has 8 heteroatoms. The van der Waals surface area contributed by atoms with Crippen LogP contribution in [0.2, 0.25) is 0 Å². The van der Waals surface area contributed by atoms with E-state index in [-0.39, 0.29) is 12.3 Å². The normalized spacial score (nSPS) is 19.2. The minimum absolute atomic E-state index is 0.0981. The van der Waals surface area contributed by atoms with Crippen molar-refractivity contribution < 1.29 is 9.63 Å². The molecule has 3 rings (SSSR count). The summed E-state index contributed by atoms with van der Waals surface area (Å²) in [6.45, 7) is 3.68. The summed E-state index contributed by atoms with van der Waals surface area (Å²) in [4.78, 5) is 25.1. The summed E-state index contributed by atoms with van der Waals surface area (Å²) in [5, 5.41) is 8.71. The van der Waals surface area contributed by atoms with Crippen LogP contribution in [0.3, 0.4) is 0 Å². The summed E-state index contributed by atoms with van der Waals surface area (Å²) in [6.07, 6.45) is 0.0981. The summed E-state index contributed by atoms with van der Waals surface area (Å²) in [7, 11) is 7.58. The van der Waals surface area contributed by atoms with Crippen LogP contribution in [0.15, 0.2) is 35.3 Å². The average Bonchev–Trinajstić information content (AvgIpc) is 3.05. The number of hydrogen-bond donors (Lipinski definition) is 1. The number of benzene rings is 1. The van der Waals surface area contributed by atoms with Crippen molar-refractivity contribution in [1.29, 1.82) is 0 Å². The smallest absolute Gasteiger partial charge is 0.230 e. The van der Waals surface area contributed by atoms with Crippen molar-refractivity contribution in [3.8, 4) is 0 Å². The zero-order valence-corrected chi connectivity index (χ0v) is 16.6. The number of nitrogens with zero attached hydrogens (tertiary/aromatic N) is 5. The fraction of sp³-hybridized carbons (Fsp3) is 0.421. The molecule has 1 aromatic heterocycles. The molecule has 8 nitrogen and oxygen atoms in total. The molecular weight excluding hydrogens is 344 g/mol. The number of carbonyl (C=O) groups is 1. The van der Waals surface area contributed by atoms with Crippen molar-refractivity contribution in [3.63, 3.8) is 0 Å². The molecule has 0 bridgehead atoms. The third-order valence-electron chi connectivity index (χ3n) is 4.37. The molecule has 1 N–H and O–H groups in total. The van der Waals surface area contributed by atoms with Gasteiger partial charge in [0.1, 0.15) is 5.82 Å². The topological polar surface area (TPSA) is 75.0 Å². The molecule has 1 aromatic carbocycles. The zero-order chi connectivity index (χ0) is 19.8. The van der Waals surface area contributed by atoms with Crippen LogP contribution >= 0.6 is 0 Å². The first kappa shape index (κ1) is 18.9. The van der Waals surface area contributed by atoms with Gasteiger partial charge in [-0.2, -0.15) is 5.10 Å². The number of nitrogens with one attached hydrogen (secondary N) is 1. The molecular formula is C19H26N6O2. The van der Waals surface area contributed by atoms with Gasteiger partial charge in [0.15, 0.2) is 11.6 Å². The van der Waals surface area contributed by atoms with Gasteiger partial charge in [-0.05, 0) is 38.1 Å². The lowest BCUT2D eigenvalue weighted by Gasteiger charge is -2.21. The number of rotatable bonds is 5. The molecule has 0 radical (unpaired) electrons. The SMILES string of the molecule is Cc1cc(NC(=O)CC2(C)N=C(c3ccc(N(C)C)cc3)N(C)O2)n(C)n1. The lowest BCUT2D eigenvalue weighted by molar-refractivity contribution is -0.164. The van der Waals surface area contributed by atoms with Gasteiger partial charge in [0.25, 0.3) is 0 Å². The highest BCUT2D eigenvalue weighted by atomic mass is 16.7. The van der Waals surface area contributed by atoms with E-state index in [2.05, 4.69) is 15.4 Å². The van der Waals surface area contributed by atoms with Crippen LogP contribution in [0.25, 0.3) is 0 Å². The number of amidine groups is 1. The molecule has 1 aliphatic rings. The fourth-order valence-corrected chi connectivity index (χ4v) is 3.09. The molecule has 27 heavy (non-hydrogen) atoms. The minimum atomic E-state index is -0.956. The van der Waals surface area contributed by atoms with Gasteiger partial charge in [0.2, 0.25) is 5.91 Å². The van der Waals surface area contributed by atoms with Gasteiger partial charge < -0.3 is 10.2 Å². The first-order valence-electron chi connectivity index (χ1n) is 8.78. The molecule has 1 aliphatic heterocycles. The average molecular weight is 370 g/mol. The third kappa shape index (κ3) is 4.11. The number of carbonyl (C=O) groups excluding carboxylic acids is 1. The molecule has 0 saturated carbocycles. The van der Waals surface area contributed by atoms with E-state index in [4.69, 9.17) is 4.84 Å². The first-order valence-corrected chi connectivity index (χ1v) is 8.78. The lowest BCUT2D eigenvalue weighted by atomic mass is 10.1. The third-order valence-corrected chi connectivity index (χ3v) is 4.37. The van der Waals surface area contributed by atoms with Crippen molar-refractivity contribution >= 4 is 23.2 Å². The number of aryl methyl sites for hydroxylation is 2. The van der Waals surface area contributed by atoms with E-state index in [1.165, 1.54) is 0 Å². The number of anilines is 2. The largest absolute Gasteiger partial charge is 0.378 e.